The van der Waals surface area contributed by atoms with Crippen LogP contribution in [-0.2, 0) is 17.8 Å². The number of amides is 1. The molecule has 0 bridgehead atoms. The fraction of sp³-hybridized carbons (Fsp3) is 0.650. The quantitative estimate of drug-likeness (QED) is 0.756. The van der Waals surface area contributed by atoms with Crippen LogP contribution in [0.4, 0.5) is 0 Å². The molecule has 0 N–H and O–H groups in total. The fourth-order valence-corrected chi connectivity index (χ4v) is 5.16. The zero-order chi connectivity index (χ0) is 17.4. The zero-order valence-corrected chi connectivity index (χ0v) is 16.7. The second kappa shape index (κ2) is 7.37. The van der Waals surface area contributed by atoms with E-state index >= 15 is 0 Å². The number of hydrogen-bond acceptors (Lipinski definition) is 3. The average Bonchev–Trinajstić information content (AvgIpc) is 2.62. The third kappa shape index (κ3) is 3.79. The molecule has 0 aromatic heterocycles. The summed E-state index contributed by atoms with van der Waals surface area (Å²) in [6.45, 7) is 7.67. The summed E-state index contributed by atoms with van der Waals surface area (Å²) < 4.78 is 1.15. The number of carbonyl (C=O) groups is 1. The van der Waals surface area contributed by atoms with Crippen molar-refractivity contribution >= 4 is 21.8 Å². The minimum absolute atomic E-state index is 0.318. The number of halogens is 1. The summed E-state index contributed by atoms with van der Waals surface area (Å²) >= 11 is 3.55. The third-order valence-electron chi connectivity index (χ3n) is 6.22. The van der Waals surface area contributed by atoms with Crippen LogP contribution in [0.3, 0.4) is 0 Å². The van der Waals surface area contributed by atoms with E-state index in [9.17, 15) is 4.79 Å². The smallest absolute Gasteiger partial charge is 0.236 e. The van der Waals surface area contributed by atoms with Gasteiger partial charge in [0.2, 0.25) is 5.91 Å². The lowest BCUT2D eigenvalue weighted by Gasteiger charge is -2.47. The van der Waals surface area contributed by atoms with Crippen LogP contribution >= 0.6 is 15.9 Å². The Morgan fingerprint density at radius 3 is 2.96 bits per heavy atom. The molecule has 0 saturated carbocycles. The molecule has 2 saturated heterocycles. The Morgan fingerprint density at radius 1 is 1.20 bits per heavy atom. The second-order valence-corrected chi connectivity index (χ2v) is 8.80. The number of benzene rings is 1. The summed E-state index contributed by atoms with van der Waals surface area (Å²) in [5.41, 5.74) is 2.79. The van der Waals surface area contributed by atoms with Gasteiger partial charge in [0.05, 0.1) is 6.54 Å². The molecule has 2 fully saturated rings. The monoisotopic (exact) mass is 405 g/mol. The molecule has 2 atom stereocenters. The Bertz CT molecular complexity index is 650. The van der Waals surface area contributed by atoms with E-state index < -0.39 is 0 Å². The van der Waals surface area contributed by atoms with Gasteiger partial charge in [-0.1, -0.05) is 28.4 Å². The third-order valence-corrected chi connectivity index (χ3v) is 6.72. The van der Waals surface area contributed by atoms with Crippen molar-refractivity contribution in [3.63, 3.8) is 0 Å². The molecule has 0 spiro atoms. The minimum atomic E-state index is 0.318. The number of fused-ring (bicyclic) bond motifs is 2. The van der Waals surface area contributed by atoms with Crippen molar-refractivity contribution in [2.75, 3.05) is 32.7 Å². The first-order valence-electron chi connectivity index (χ1n) is 9.63. The van der Waals surface area contributed by atoms with Gasteiger partial charge in [0, 0.05) is 49.3 Å². The van der Waals surface area contributed by atoms with Gasteiger partial charge in [-0.3, -0.25) is 14.6 Å². The molecule has 2 unspecified atom stereocenters. The lowest BCUT2D eigenvalue weighted by atomic mass is 9.94. The topological polar surface area (TPSA) is 26.8 Å². The molecule has 4 rings (SSSR count). The fourth-order valence-electron chi connectivity index (χ4n) is 4.75. The van der Waals surface area contributed by atoms with E-state index in [4.69, 9.17) is 0 Å². The Kier molecular flexibility index (Phi) is 5.16. The Hall–Kier alpha value is -0.910. The molecule has 3 heterocycles. The standard InChI is InChI=1S/C20H28BrN3O/c1-15-3-2-4-19-13-23(9-10-24(15)19)20(25)14-22-8-7-16-11-18(21)6-5-17(16)12-22/h5-6,11,15,19H,2-4,7-10,12-14H2,1H3. The molecule has 1 aromatic rings. The van der Waals surface area contributed by atoms with Gasteiger partial charge in [0.25, 0.3) is 0 Å². The molecule has 3 aliphatic rings. The summed E-state index contributed by atoms with van der Waals surface area (Å²) in [6.07, 6.45) is 4.91. The van der Waals surface area contributed by atoms with Gasteiger partial charge in [-0.15, -0.1) is 0 Å². The number of hydrogen-bond donors (Lipinski definition) is 0. The van der Waals surface area contributed by atoms with Crippen LogP contribution in [0, 0.1) is 0 Å². The highest BCUT2D eigenvalue weighted by Gasteiger charge is 2.34. The first kappa shape index (κ1) is 17.5. The SMILES string of the molecule is CC1CCCC2CN(C(=O)CN3CCc4cc(Br)ccc4C3)CCN12. The lowest BCUT2D eigenvalue weighted by Crippen LogP contribution is -2.59. The minimum Gasteiger partial charge on any atom is -0.339 e. The van der Waals surface area contributed by atoms with Gasteiger partial charge in [0.15, 0.2) is 0 Å². The van der Waals surface area contributed by atoms with Crippen LogP contribution in [0.1, 0.15) is 37.3 Å². The van der Waals surface area contributed by atoms with Crippen molar-refractivity contribution in [3.05, 3.63) is 33.8 Å². The molecule has 3 aliphatic heterocycles. The Balaban J connectivity index is 1.34. The van der Waals surface area contributed by atoms with E-state index in [1.165, 1.54) is 30.4 Å². The number of nitrogens with zero attached hydrogens (tertiary/aromatic N) is 3. The predicted octanol–water partition coefficient (Wildman–Crippen LogP) is 2.89. The lowest BCUT2D eigenvalue weighted by molar-refractivity contribution is -0.137. The van der Waals surface area contributed by atoms with Crippen LogP contribution in [0.25, 0.3) is 0 Å². The van der Waals surface area contributed by atoms with Crippen molar-refractivity contribution in [1.82, 2.24) is 14.7 Å². The van der Waals surface area contributed by atoms with Crippen LogP contribution in [0.5, 0.6) is 0 Å². The molecule has 25 heavy (non-hydrogen) atoms. The van der Waals surface area contributed by atoms with Crippen LogP contribution < -0.4 is 0 Å². The molecule has 1 amide bonds. The Morgan fingerprint density at radius 2 is 2.08 bits per heavy atom. The maximum absolute atomic E-state index is 12.8. The van der Waals surface area contributed by atoms with E-state index in [0.29, 0.717) is 24.5 Å². The van der Waals surface area contributed by atoms with Gasteiger partial charge in [-0.25, -0.2) is 0 Å². The maximum Gasteiger partial charge on any atom is 0.236 e. The summed E-state index contributed by atoms with van der Waals surface area (Å²) in [5.74, 6) is 0.318. The molecular weight excluding hydrogens is 378 g/mol. The molecule has 136 valence electrons. The van der Waals surface area contributed by atoms with Crippen molar-refractivity contribution in [2.45, 2.75) is 51.2 Å². The molecule has 1 aromatic carbocycles. The molecule has 5 heteroatoms. The molecular formula is C20H28BrN3O. The van der Waals surface area contributed by atoms with Gasteiger partial charge in [-0.2, -0.15) is 0 Å². The van der Waals surface area contributed by atoms with E-state index in [-0.39, 0.29) is 0 Å². The second-order valence-electron chi connectivity index (χ2n) is 7.89. The van der Waals surface area contributed by atoms with E-state index in [0.717, 1.165) is 43.6 Å². The first-order valence-corrected chi connectivity index (χ1v) is 10.4. The Labute approximate surface area is 159 Å². The highest BCUT2D eigenvalue weighted by molar-refractivity contribution is 9.10. The average molecular weight is 406 g/mol. The van der Waals surface area contributed by atoms with Crippen LogP contribution in [0.15, 0.2) is 22.7 Å². The van der Waals surface area contributed by atoms with Crippen molar-refractivity contribution in [2.24, 2.45) is 0 Å². The highest BCUT2D eigenvalue weighted by Crippen LogP contribution is 2.26. The summed E-state index contributed by atoms with van der Waals surface area (Å²) in [7, 11) is 0. The van der Waals surface area contributed by atoms with Crippen LogP contribution in [0.2, 0.25) is 0 Å². The van der Waals surface area contributed by atoms with Crippen molar-refractivity contribution < 1.29 is 4.79 Å². The van der Waals surface area contributed by atoms with E-state index in [2.05, 4.69) is 55.8 Å². The van der Waals surface area contributed by atoms with Gasteiger partial charge in [0.1, 0.15) is 0 Å². The predicted molar refractivity (Wildman–Crippen MR) is 104 cm³/mol. The number of rotatable bonds is 2. The maximum atomic E-state index is 12.8. The first-order chi connectivity index (χ1) is 12.1. The van der Waals surface area contributed by atoms with E-state index in [1.54, 1.807) is 0 Å². The van der Waals surface area contributed by atoms with Gasteiger partial charge >= 0.3 is 0 Å². The largest absolute Gasteiger partial charge is 0.339 e. The number of piperidine rings is 1. The van der Waals surface area contributed by atoms with Crippen LogP contribution in [-0.4, -0.2) is 65.4 Å². The van der Waals surface area contributed by atoms with Crippen molar-refractivity contribution in [1.29, 1.82) is 0 Å². The normalized spacial score (nSPS) is 27.7. The zero-order valence-electron chi connectivity index (χ0n) is 15.1. The van der Waals surface area contributed by atoms with E-state index in [1.807, 2.05) is 0 Å². The summed E-state index contributed by atoms with van der Waals surface area (Å²) in [4.78, 5) is 19.9. The van der Waals surface area contributed by atoms with Gasteiger partial charge in [-0.05, 0) is 49.4 Å². The number of piperazine rings is 1. The molecule has 4 nitrogen and oxygen atoms in total. The summed E-state index contributed by atoms with van der Waals surface area (Å²) in [6, 6.07) is 7.79. The molecule has 0 aliphatic carbocycles. The number of carbonyl (C=O) groups excluding carboxylic acids is 1. The summed E-state index contributed by atoms with van der Waals surface area (Å²) in [5, 5.41) is 0. The highest BCUT2D eigenvalue weighted by atomic mass is 79.9. The van der Waals surface area contributed by atoms with Gasteiger partial charge < -0.3 is 4.90 Å². The molecule has 0 radical (unpaired) electrons. The van der Waals surface area contributed by atoms with Crippen molar-refractivity contribution in [3.8, 4) is 0 Å².